The van der Waals surface area contributed by atoms with Crippen LogP contribution in [0.1, 0.15) is 31.5 Å². The van der Waals surface area contributed by atoms with Gasteiger partial charge in [0.1, 0.15) is 12.2 Å². The predicted octanol–water partition coefficient (Wildman–Crippen LogP) is 0.781. The molecule has 100 valence electrons. The molecule has 2 fully saturated rings. The maximum Gasteiger partial charge on any atom is 0.146 e. The normalized spacial score (nSPS) is 29.8. The molecule has 1 spiro atoms. The first-order chi connectivity index (χ1) is 8.77. The van der Waals surface area contributed by atoms with Crippen molar-refractivity contribution >= 4 is 0 Å². The van der Waals surface area contributed by atoms with E-state index < -0.39 is 0 Å². The first kappa shape index (κ1) is 12.1. The number of hydrogen-bond donors (Lipinski definition) is 1. The lowest BCUT2D eigenvalue weighted by Crippen LogP contribution is -2.50. The second-order valence-electron chi connectivity index (χ2n) is 5.95. The third-order valence-electron chi connectivity index (χ3n) is 4.47. The molecule has 2 saturated heterocycles. The van der Waals surface area contributed by atoms with E-state index in [0.29, 0.717) is 5.41 Å². The number of aromatic nitrogens is 3. The van der Waals surface area contributed by atoms with Crippen LogP contribution in [0.15, 0.2) is 6.33 Å². The van der Waals surface area contributed by atoms with E-state index in [1.807, 2.05) is 11.6 Å². The zero-order valence-electron chi connectivity index (χ0n) is 11.2. The number of rotatable bonds is 2. The predicted molar refractivity (Wildman–Crippen MR) is 70.1 cm³/mol. The monoisotopic (exact) mass is 249 g/mol. The smallest absolute Gasteiger partial charge is 0.146 e. The van der Waals surface area contributed by atoms with E-state index in [4.69, 9.17) is 0 Å². The van der Waals surface area contributed by atoms with Crippen molar-refractivity contribution in [2.24, 2.45) is 12.5 Å². The van der Waals surface area contributed by atoms with Crippen molar-refractivity contribution in [1.82, 2.24) is 25.0 Å². The second-order valence-corrected chi connectivity index (χ2v) is 5.95. The molecule has 1 N–H and O–H groups in total. The van der Waals surface area contributed by atoms with Gasteiger partial charge in [-0.2, -0.15) is 0 Å². The molecule has 0 aliphatic carbocycles. The number of nitrogens with one attached hydrogen (secondary N) is 1. The Balaban J connectivity index is 1.65. The van der Waals surface area contributed by atoms with Crippen LogP contribution in [0, 0.1) is 5.41 Å². The summed E-state index contributed by atoms with van der Waals surface area (Å²) < 4.78 is 2.03. The molecule has 5 nitrogen and oxygen atoms in total. The van der Waals surface area contributed by atoms with Crippen molar-refractivity contribution in [3.05, 3.63) is 12.2 Å². The van der Waals surface area contributed by atoms with Gasteiger partial charge in [-0.15, -0.1) is 10.2 Å². The van der Waals surface area contributed by atoms with Crippen LogP contribution < -0.4 is 5.32 Å². The Labute approximate surface area is 109 Å². The minimum absolute atomic E-state index is 0.523. The number of nitrogens with zero attached hydrogens (tertiary/aromatic N) is 4. The van der Waals surface area contributed by atoms with E-state index in [-0.39, 0.29) is 0 Å². The maximum atomic E-state index is 4.20. The number of likely N-dealkylation sites (tertiary alicyclic amines) is 1. The zero-order chi connectivity index (χ0) is 12.4. The molecule has 1 unspecified atom stereocenters. The van der Waals surface area contributed by atoms with Gasteiger partial charge in [-0.25, -0.2) is 0 Å². The Morgan fingerprint density at radius 2 is 2.28 bits per heavy atom. The van der Waals surface area contributed by atoms with Crippen molar-refractivity contribution in [2.45, 2.75) is 32.2 Å². The molecular formula is C13H23N5. The Morgan fingerprint density at radius 3 is 3.00 bits per heavy atom. The molecule has 18 heavy (non-hydrogen) atoms. The van der Waals surface area contributed by atoms with Crippen molar-refractivity contribution in [3.63, 3.8) is 0 Å². The van der Waals surface area contributed by atoms with Crippen LogP contribution in [-0.4, -0.2) is 45.8 Å². The number of piperidine rings is 2. The third-order valence-corrected chi connectivity index (χ3v) is 4.47. The van der Waals surface area contributed by atoms with Crippen LogP contribution in [0.4, 0.5) is 0 Å². The molecule has 0 radical (unpaired) electrons. The minimum atomic E-state index is 0.523. The topological polar surface area (TPSA) is 46.0 Å². The summed E-state index contributed by atoms with van der Waals surface area (Å²) >= 11 is 0. The fourth-order valence-corrected chi connectivity index (χ4v) is 3.47. The molecule has 3 rings (SSSR count). The second kappa shape index (κ2) is 4.97. The zero-order valence-corrected chi connectivity index (χ0v) is 11.2. The Bertz CT molecular complexity index is 388. The summed E-state index contributed by atoms with van der Waals surface area (Å²) in [4.78, 5) is 2.56. The highest BCUT2D eigenvalue weighted by Gasteiger charge is 2.36. The lowest BCUT2D eigenvalue weighted by molar-refractivity contribution is 0.0580. The van der Waals surface area contributed by atoms with E-state index in [0.717, 1.165) is 12.4 Å². The van der Waals surface area contributed by atoms with Crippen molar-refractivity contribution < 1.29 is 0 Å². The highest BCUT2D eigenvalue weighted by Crippen LogP contribution is 2.36. The van der Waals surface area contributed by atoms with Gasteiger partial charge in [-0.3, -0.25) is 4.90 Å². The standard InChI is InChI=1S/C13H23N5/c1-17-11-15-16-12(17)8-18-7-3-5-13(10-18)4-2-6-14-9-13/h11,14H,2-10H2,1H3. The van der Waals surface area contributed by atoms with Crippen LogP contribution in [-0.2, 0) is 13.6 Å². The largest absolute Gasteiger partial charge is 0.320 e. The summed E-state index contributed by atoms with van der Waals surface area (Å²) in [5, 5.41) is 11.7. The summed E-state index contributed by atoms with van der Waals surface area (Å²) in [6.45, 7) is 5.76. The van der Waals surface area contributed by atoms with Crippen molar-refractivity contribution in [1.29, 1.82) is 0 Å². The fraction of sp³-hybridized carbons (Fsp3) is 0.846. The van der Waals surface area contributed by atoms with Crippen molar-refractivity contribution in [3.8, 4) is 0 Å². The average molecular weight is 249 g/mol. The summed E-state index contributed by atoms with van der Waals surface area (Å²) in [6, 6.07) is 0. The van der Waals surface area contributed by atoms with E-state index in [9.17, 15) is 0 Å². The van der Waals surface area contributed by atoms with Gasteiger partial charge in [0.2, 0.25) is 0 Å². The van der Waals surface area contributed by atoms with Gasteiger partial charge in [-0.05, 0) is 44.2 Å². The number of hydrogen-bond acceptors (Lipinski definition) is 4. The van der Waals surface area contributed by atoms with Gasteiger partial charge in [0.05, 0.1) is 6.54 Å². The molecule has 3 heterocycles. The molecule has 0 amide bonds. The molecule has 2 aliphatic heterocycles. The summed E-state index contributed by atoms with van der Waals surface area (Å²) in [6.07, 6.45) is 7.21. The highest BCUT2D eigenvalue weighted by atomic mass is 15.3. The summed E-state index contributed by atoms with van der Waals surface area (Å²) in [7, 11) is 2.03. The molecule has 5 heteroatoms. The molecular weight excluding hydrogens is 226 g/mol. The number of aryl methyl sites for hydroxylation is 1. The molecule has 0 aromatic carbocycles. The van der Waals surface area contributed by atoms with Gasteiger partial charge in [0.15, 0.2) is 0 Å². The van der Waals surface area contributed by atoms with Gasteiger partial charge in [0.25, 0.3) is 0 Å². The Kier molecular flexibility index (Phi) is 3.35. The van der Waals surface area contributed by atoms with Gasteiger partial charge in [0, 0.05) is 20.1 Å². The molecule has 1 aromatic heterocycles. The molecule has 0 saturated carbocycles. The molecule has 2 aliphatic rings. The quantitative estimate of drug-likeness (QED) is 0.841. The van der Waals surface area contributed by atoms with E-state index in [2.05, 4.69) is 20.4 Å². The third kappa shape index (κ3) is 2.42. The SMILES string of the molecule is Cn1cnnc1CN1CCCC2(CCCNC2)C1. The van der Waals surface area contributed by atoms with Crippen LogP contribution in [0.2, 0.25) is 0 Å². The lowest BCUT2D eigenvalue weighted by Gasteiger charge is -2.45. The fourth-order valence-electron chi connectivity index (χ4n) is 3.47. The van der Waals surface area contributed by atoms with E-state index in [1.54, 1.807) is 6.33 Å². The first-order valence-electron chi connectivity index (χ1n) is 7.03. The summed E-state index contributed by atoms with van der Waals surface area (Å²) in [5.74, 6) is 1.08. The lowest BCUT2D eigenvalue weighted by atomic mass is 9.74. The minimum Gasteiger partial charge on any atom is -0.320 e. The van der Waals surface area contributed by atoms with Crippen LogP contribution in [0.5, 0.6) is 0 Å². The average Bonchev–Trinajstić information content (AvgIpc) is 2.76. The summed E-state index contributed by atoms with van der Waals surface area (Å²) in [5.41, 5.74) is 0.523. The van der Waals surface area contributed by atoms with E-state index in [1.165, 1.54) is 51.9 Å². The van der Waals surface area contributed by atoms with Crippen LogP contribution in [0.3, 0.4) is 0 Å². The van der Waals surface area contributed by atoms with E-state index >= 15 is 0 Å². The van der Waals surface area contributed by atoms with Gasteiger partial charge < -0.3 is 9.88 Å². The van der Waals surface area contributed by atoms with Gasteiger partial charge in [-0.1, -0.05) is 0 Å². The van der Waals surface area contributed by atoms with Gasteiger partial charge >= 0.3 is 0 Å². The van der Waals surface area contributed by atoms with Crippen LogP contribution in [0.25, 0.3) is 0 Å². The molecule has 1 aromatic rings. The Hall–Kier alpha value is -0.940. The maximum absolute atomic E-state index is 4.20. The molecule has 1 atom stereocenters. The molecule has 0 bridgehead atoms. The first-order valence-corrected chi connectivity index (χ1v) is 7.03. The Morgan fingerprint density at radius 1 is 1.39 bits per heavy atom. The highest BCUT2D eigenvalue weighted by molar-refractivity contribution is 4.93. The van der Waals surface area contributed by atoms with Crippen molar-refractivity contribution in [2.75, 3.05) is 26.2 Å². The van der Waals surface area contributed by atoms with Crippen LogP contribution >= 0.6 is 0 Å².